The van der Waals surface area contributed by atoms with E-state index in [1.807, 2.05) is 0 Å². The molecular formula is C15H21NO3. The third-order valence-electron chi connectivity index (χ3n) is 4.15. The second-order valence-electron chi connectivity index (χ2n) is 5.44. The van der Waals surface area contributed by atoms with Gasteiger partial charge in [-0.2, -0.15) is 0 Å². The molecule has 2 aliphatic heterocycles. The van der Waals surface area contributed by atoms with Gasteiger partial charge in [-0.3, -0.25) is 0 Å². The lowest BCUT2D eigenvalue weighted by molar-refractivity contribution is 0.0863. The van der Waals surface area contributed by atoms with Crippen LogP contribution < -0.4 is 9.47 Å². The van der Waals surface area contributed by atoms with Crippen LogP contribution >= 0.6 is 0 Å². The first-order valence-electron chi connectivity index (χ1n) is 6.78. The molecule has 4 nitrogen and oxygen atoms in total. The monoisotopic (exact) mass is 263 g/mol. The van der Waals surface area contributed by atoms with Gasteiger partial charge in [-0.05, 0) is 36.7 Å². The Morgan fingerprint density at radius 3 is 2.68 bits per heavy atom. The van der Waals surface area contributed by atoms with Gasteiger partial charge in [-0.25, -0.2) is 0 Å². The van der Waals surface area contributed by atoms with Crippen molar-refractivity contribution in [3.05, 3.63) is 23.3 Å². The quantitative estimate of drug-likeness (QED) is 0.818. The molecule has 0 N–H and O–H groups in total. The number of nitrogens with zero attached hydrogens (tertiary/aromatic N) is 1. The third-order valence-corrected chi connectivity index (χ3v) is 4.15. The van der Waals surface area contributed by atoms with Gasteiger partial charge in [0.05, 0.1) is 20.3 Å². The van der Waals surface area contributed by atoms with Gasteiger partial charge in [0.15, 0.2) is 11.5 Å². The average molecular weight is 263 g/mol. The molecule has 0 aliphatic carbocycles. The van der Waals surface area contributed by atoms with Crippen molar-refractivity contribution in [1.82, 2.24) is 4.90 Å². The number of fused-ring (bicyclic) bond motifs is 3. The summed E-state index contributed by atoms with van der Waals surface area (Å²) in [5.41, 5.74) is 2.55. The normalized spacial score (nSPS) is 26.5. The molecule has 19 heavy (non-hydrogen) atoms. The Balaban J connectivity index is 2.08. The minimum absolute atomic E-state index is 0.208. The number of methoxy groups -OCH3 is 2. The van der Waals surface area contributed by atoms with Crippen molar-refractivity contribution in [2.45, 2.75) is 19.1 Å². The zero-order chi connectivity index (χ0) is 13.4. The maximum Gasteiger partial charge on any atom is 0.161 e. The van der Waals surface area contributed by atoms with E-state index >= 15 is 0 Å². The van der Waals surface area contributed by atoms with Crippen LogP contribution in [0.5, 0.6) is 11.5 Å². The van der Waals surface area contributed by atoms with Crippen molar-refractivity contribution >= 4 is 0 Å². The maximum atomic E-state index is 5.96. The fraction of sp³-hybridized carbons (Fsp3) is 0.600. The molecule has 2 atom stereocenters. The summed E-state index contributed by atoms with van der Waals surface area (Å²) in [4.78, 5) is 2.37. The molecule has 4 heteroatoms. The molecule has 1 aromatic rings. The van der Waals surface area contributed by atoms with Crippen LogP contribution in [-0.4, -0.2) is 39.3 Å². The van der Waals surface area contributed by atoms with E-state index < -0.39 is 0 Å². The first-order valence-corrected chi connectivity index (χ1v) is 6.78. The lowest BCUT2D eigenvalue weighted by Crippen LogP contribution is -2.23. The summed E-state index contributed by atoms with van der Waals surface area (Å²) in [6.07, 6.45) is 1.35. The van der Waals surface area contributed by atoms with Crippen molar-refractivity contribution < 1.29 is 14.2 Å². The van der Waals surface area contributed by atoms with Crippen molar-refractivity contribution in [2.75, 3.05) is 34.4 Å². The minimum atomic E-state index is 0.208. The molecule has 2 aliphatic rings. The topological polar surface area (TPSA) is 30.9 Å². The second kappa shape index (κ2) is 5.02. The first kappa shape index (κ1) is 12.8. The molecule has 104 valence electrons. The summed E-state index contributed by atoms with van der Waals surface area (Å²) in [5, 5.41) is 0. The van der Waals surface area contributed by atoms with E-state index in [-0.39, 0.29) is 6.10 Å². The average Bonchev–Trinajstić information content (AvgIpc) is 2.81. The Bertz CT molecular complexity index is 475. The molecule has 1 saturated heterocycles. The molecule has 0 amide bonds. The third kappa shape index (κ3) is 2.19. The summed E-state index contributed by atoms with van der Waals surface area (Å²) in [7, 11) is 5.53. The fourth-order valence-electron chi connectivity index (χ4n) is 3.26. The molecule has 1 aromatic carbocycles. The van der Waals surface area contributed by atoms with Gasteiger partial charge >= 0.3 is 0 Å². The molecule has 1 fully saturated rings. The van der Waals surface area contributed by atoms with Crippen LogP contribution in [0.25, 0.3) is 0 Å². The Labute approximate surface area is 114 Å². The van der Waals surface area contributed by atoms with E-state index in [9.17, 15) is 0 Å². The van der Waals surface area contributed by atoms with E-state index in [2.05, 4.69) is 24.1 Å². The van der Waals surface area contributed by atoms with Crippen LogP contribution in [0.15, 0.2) is 12.1 Å². The Hall–Kier alpha value is -1.26. The highest BCUT2D eigenvalue weighted by atomic mass is 16.5. The van der Waals surface area contributed by atoms with Crippen molar-refractivity contribution in [1.29, 1.82) is 0 Å². The van der Waals surface area contributed by atoms with Crippen molar-refractivity contribution in [3.8, 4) is 11.5 Å². The largest absolute Gasteiger partial charge is 0.493 e. The van der Waals surface area contributed by atoms with E-state index in [1.54, 1.807) is 14.2 Å². The van der Waals surface area contributed by atoms with Gasteiger partial charge < -0.3 is 19.1 Å². The van der Waals surface area contributed by atoms with Crippen molar-refractivity contribution in [3.63, 3.8) is 0 Å². The Morgan fingerprint density at radius 2 is 1.95 bits per heavy atom. The van der Waals surface area contributed by atoms with Crippen LogP contribution in [0, 0.1) is 5.92 Å². The number of benzene rings is 1. The molecule has 0 bridgehead atoms. The molecule has 0 radical (unpaired) electrons. The summed E-state index contributed by atoms with van der Waals surface area (Å²) in [6.45, 7) is 2.88. The van der Waals surface area contributed by atoms with Gasteiger partial charge in [0.25, 0.3) is 0 Å². The summed E-state index contributed by atoms with van der Waals surface area (Å²) < 4.78 is 16.8. The molecular weight excluding hydrogens is 242 g/mol. The van der Waals surface area contributed by atoms with Crippen molar-refractivity contribution in [2.24, 2.45) is 5.92 Å². The van der Waals surface area contributed by atoms with Crippen LogP contribution in [0.2, 0.25) is 0 Å². The van der Waals surface area contributed by atoms with Crippen LogP contribution in [0.3, 0.4) is 0 Å². The predicted molar refractivity (Wildman–Crippen MR) is 72.7 cm³/mol. The molecule has 3 rings (SSSR count). The highest BCUT2D eigenvalue weighted by Gasteiger charge is 2.35. The molecule has 0 unspecified atom stereocenters. The number of rotatable bonds is 2. The van der Waals surface area contributed by atoms with Gasteiger partial charge in [0.1, 0.15) is 0 Å². The van der Waals surface area contributed by atoms with Gasteiger partial charge in [0.2, 0.25) is 0 Å². The van der Waals surface area contributed by atoms with E-state index in [0.717, 1.165) is 37.6 Å². The van der Waals surface area contributed by atoms with E-state index in [4.69, 9.17) is 14.2 Å². The fourth-order valence-corrected chi connectivity index (χ4v) is 3.26. The van der Waals surface area contributed by atoms with Gasteiger partial charge in [-0.15, -0.1) is 0 Å². The van der Waals surface area contributed by atoms with E-state index in [1.165, 1.54) is 11.1 Å². The SMILES string of the molecule is COc1cc2c(cc1OC)[C@@H]1OCC[C@H]1CN(C)C2. The Morgan fingerprint density at radius 1 is 1.21 bits per heavy atom. The second-order valence-corrected chi connectivity index (χ2v) is 5.44. The minimum Gasteiger partial charge on any atom is -0.493 e. The zero-order valence-corrected chi connectivity index (χ0v) is 11.8. The van der Waals surface area contributed by atoms with Crippen LogP contribution in [0.1, 0.15) is 23.7 Å². The van der Waals surface area contributed by atoms with Gasteiger partial charge in [0, 0.05) is 25.6 Å². The number of hydrogen-bond donors (Lipinski definition) is 0. The summed E-state index contributed by atoms with van der Waals surface area (Å²) in [6, 6.07) is 4.19. The maximum absolute atomic E-state index is 5.96. The molecule has 2 heterocycles. The zero-order valence-electron chi connectivity index (χ0n) is 11.8. The van der Waals surface area contributed by atoms with Gasteiger partial charge in [-0.1, -0.05) is 0 Å². The highest BCUT2D eigenvalue weighted by molar-refractivity contribution is 5.49. The lowest BCUT2D eigenvalue weighted by atomic mass is 9.93. The lowest BCUT2D eigenvalue weighted by Gasteiger charge is -2.19. The predicted octanol–water partition coefficient (Wildman–Crippen LogP) is 2.23. The number of hydrogen-bond acceptors (Lipinski definition) is 4. The Kier molecular flexibility index (Phi) is 3.37. The van der Waals surface area contributed by atoms with Crippen LogP contribution in [0.4, 0.5) is 0 Å². The number of ether oxygens (including phenoxy) is 3. The standard InChI is InChI=1S/C15H21NO3/c1-16-8-10-4-5-19-15(10)12-7-14(18-3)13(17-2)6-11(12)9-16/h6-7,10,15H,4-5,8-9H2,1-3H3/t10-,15+/m0/s1. The molecule has 0 aromatic heterocycles. The highest BCUT2D eigenvalue weighted by Crippen LogP contribution is 2.43. The molecule has 0 saturated carbocycles. The summed E-state index contributed by atoms with van der Waals surface area (Å²) in [5.74, 6) is 2.18. The van der Waals surface area contributed by atoms with E-state index in [0.29, 0.717) is 5.92 Å². The first-order chi connectivity index (χ1) is 9.22. The van der Waals surface area contributed by atoms with Crippen LogP contribution in [-0.2, 0) is 11.3 Å². The summed E-state index contributed by atoms with van der Waals surface area (Å²) >= 11 is 0. The molecule has 0 spiro atoms. The smallest absolute Gasteiger partial charge is 0.161 e.